The standard InChI is InChI=1S/C14H11F2N2O2/c1-2-17-13(19)12-7-10(16)8-18-14(12)20-11-5-3-4-9(15)6-11/h2-8H,1H3,(H,17,19). The first-order valence-electron chi connectivity index (χ1n) is 5.78. The van der Waals surface area contributed by atoms with Crippen molar-refractivity contribution in [3.8, 4) is 11.6 Å². The zero-order valence-corrected chi connectivity index (χ0v) is 10.6. The molecule has 1 N–H and O–H groups in total. The molecule has 2 rings (SSSR count). The number of hydrogen-bond acceptors (Lipinski definition) is 3. The molecule has 0 saturated heterocycles. The van der Waals surface area contributed by atoms with Crippen LogP contribution in [0.4, 0.5) is 8.78 Å². The second-order valence-electron chi connectivity index (χ2n) is 3.83. The van der Waals surface area contributed by atoms with Crippen LogP contribution in [0.2, 0.25) is 0 Å². The molecular formula is C14H11F2N2O2. The van der Waals surface area contributed by atoms with Crippen LogP contribution in [0.1, 0.15) is 17.3 Å². The normalized spacial score (nSPS) is 10.2. The number of carbonyl (C=O) groups excluding carboxylic acids is 1. The zero-order valence-electron chi connectivity index (χ0n) is 10.6. The summed E-state index contributed by atoms with van der Waals surface area (Å²) in [5.74, 6) is -1.66. The molecule has 103 valence electrons. The zero-order chi connectivity index (χ0) is 14.5. The Kier molecular flexibility index (Phi) is 4.24. The van der Waals surface area contributed by atoms with Crippen molar-refractivity contribution in [3.63, 3.8) is 0 Å². The minimum atomic E-state index is -0.669. The molecule has 1 radical (unpaired) electrons. The van der Waals surface area contributed by atoms with Gasteiger partial charge in [-0.3, -0.25) is 4.79 Å². The fourth-order valence-corrected chi connectivity index (χ4v) is 1.52. The van der Waals surface area contributed by atoms with Gasteiger partial charge >= 0.3 is 0 Å². The fraction of sp³-hybridized carbons (Fsp3) is 0.0714. The largest absolute Gasteiger partial charge is 0.438 e. The maximum Gasteiger partial charge on any atom is 0.257 e. The van der Waals surface area contributed by atoms with Gasteiger partial charge in [0.15, 0.2) is 0 Å². The van der Waals surface area contributed by atoms with Gasteiger partial charge in [-0.2, -0.15) is 0 Å². The highest BCUT2D eigenvalue weighted by Gasteiger charge is 2.15. The van der Waals surface area contributed by atoms with Crippen LogP contribution in [0.3, 0.4) is 0 Å². The Morgan fingerprint density at radius 2 is 2.10 bits per heavy atom. The van der Waals surface area contributed by atoms with E-state index in [1.54, 1.807) is 6.92 Å². The van der Waals surface area contributed by atoms with Crippen LogP contribution >= 0.6 is 0 Å². The number of hydrogen-bond donors (Lipinski definition) is 1. The Morgan fingerprint density at radius 3 is 2.80 bits per heavy atom. The van der Waals surface area contributed by atoms with Crippen LogP contribution in [0, 0.1) is 18.2 Å². The second-order valence-corrected chi connectivity index (χ2v) is 3.83. The van der Waals surface area contributed by atoms with Gasteiger partial charge in [0.25, 0.3) is 5.91 Å². The van der Waals surface area contributed by atoms with Crippen molar-refractivity contribution < 1.29 is 18.3 Å². The molecule has 0 aliphatic heterocycles. The third-order valence-corrected chi connectivity index (χ3v) is 2.35. The van der Waals surface area contributed by atoms with E-state index in [-0.39, 0.29) is 17.2 Å². The lowest BCUT2D eigenvalue weighted by Gasteiger charge is -2.09. The van der Waals surface area contributed by atoms with Crippen LogP contribution in [0.25, 0.3) is 0 Å². The van der Waals surface area contributed by atoms with E-state index in [0.717, 1.165) is 18.3 Å². The highest BCUT2D eigenvalue weighted by Crippen LogP contribution is 2.24. The van der Waals surface area contributed by atoms with Gasteiger partial charge in [0, 0.05) is 12.6 Å². The Labute approximate surface area is 114 Å². The summed E-state index contributed by atoms with van der Waals surface area (Å²) in [6.07, 6.45) is 0.918. The van der Waals surface area contributed by atoms with Crippen molar-refractivity contribution in [2.45, 2.75) is 6.92 Å². The van der Waals surface area contributed by atoms with Crippen molar-refractivity contribution >= 4 is 5.91 Å². The molecule has 1 amide bonds. The molecular weight excluding hydrogens is 266 g/mol. The second kappa shape index (κ2) is 6.10. The number of aromatic nitrogens is 1. The number of carbonyl (C=O) groups is 1. The summed E-state index contributed by atoms with van der Waals surface area (Å²) in [6.45, 7) is 3.01. The highest BCUT2D eigenvalue weighted by atomic mass is 19.1. The minimum Gasteiger partial charge on any atom is -0.438 e. The Morgan fingerprint density at radius 1 is 1.30 bits per heavy atom. The van der Waals surface area contributed by atoms with Gasteiger partial charge in [-0.15, -0.1) is 0 Å². The molecule has 6 heteroatoms. The Bertz CT molecular complexity index is 632. The van der Waals surface area contributed by atoms with E-state index in [1.165, 1.54) is 24.7 Å². The quantitative estimate of drug-likeness (QED) is 0.934. The first-order valence-corrected chi connectivity index (χ1v) is 5.78. The highest BCUT2D eigenvalue weighted by molar-refractivity contribution is 5.96. The molecule has 20 heavy (non-hydrogen) atoms. The molecule has 2 aromatic rings. The molecule has 0 atom stereocenters. The van der Waals surface area contributed by atoms with E-state index in [0.29, 0.717) is 0 Å². The van der Waals surface area contributed by atoms with E-state index >= 15 is 0 Å². The lowest BCUT2D eigenvalue weighted by atomic mass is 10.2. The van der Waals surface area contributed by atoms with Crippen LogP contribution < -0.4 is 10.1 Å². The predicted octanol–water partition coefficient (Wildman–Crippen LogP) is 3.06. The van der Waals surface area contributed by atoms with Gasteiger partial charge in [0.05, 0.1) is 6.20 Å². The molecule has 0 aliphatic rings. The van der Waals surface area contributed by atoms with Crippen molar-refractivity contribution in [2.24, 2.45) is 0 Å². The van der Waals surface area contributed by atoms with Gasteiger partial charge < -0.3 is 10.1 Å². The van der Waals surface area contributed by atoms with Gasteiger partial charge in [0.1, 0.15) is 22.9 Å². The first-order chi connectivity index (χ1) is 9.60. The maximum atomic E-state index is 13.2. The van der Waals surface area contributed by atoms with Crippen molar-refractivity contribution in [2.75, 3.05) is 0 Å². The Balaban J connectivity index is 2.33. The topological polar surface area (TPSA) is 51.2 Å². The van der Waals surface area contributed by atoms with Crippen molar-refractivity contribution in [1.82, 2.24) is 10.3 Å². The molecule has 0 fully saturated rings. The summed E-state index contributed by atoms with van der Waals surface area (Å²) >= 11 is 0. The van der Waals surface area contributed by atoms with Crippen LogP contribution in [-0.2, 0) is 0 Å². The summed E-state index contributed by atoms with van der Waals surface area (Å²) < 4.78 is 31.6. The van der Waals surface area contributed by atoms with Crippen LogP contribution in [-0.4, -0.2) is 10.9 Å². The third-order valence-electron chi connectivity index (χ3n) is 2.35. The molecule has 0 unspecified atom stereocenters. The van der Waals surface area contributed by atoms with Gasteiger partial charge in [-0.1, -0.05) is 6.07 Å². The molecule has 4 nitrogen and oxygen atoms in total. The van der Waals surface area contributed by atoms with Crippen LogP contribution in [0.15, 0.2) is 36.5 Å². The van der Waals surface area contributed by atoms with E-state index in [4.69, 9.17) is 4.74 Å². The lowest BCUT2D eigenvalue weighted by molar-refractivity contribution is 0.0961. The summed E-state index contributed by atoms with van der Waals surface area (Å²) in [4.78, 5) is 15.5. The number of ether oxygens (including phenoxy) is 1. The monoisotopic (exact) mass is 277 g/mol. The molecule has 1 aromatic heterocycles. The molecule has 1 aromatic carbocycles. The minimum absolute atomic E-state index is 0.0765. The number of nitrogens with zero attached hydrogens (tertiary/aromatic N) is 1. The SMILES string of the molecule is C[CH]NC(=O)c1cc(F)cnc1Oc1cccc(F)c1. The van der Waals surface area contributed by atoms with E-state index in [9.17, 15) is 13.6 Å². The molecule has 0 saturated carbocycles. The van der Waals surface area contributed by atoms with E-state index in [1.807, 2.05) is 0 Å². The average Bonchev–Trinajstić information content (AvgIpc) is 2.41. The Hall–Kier alpha value is -2.50. The van der Waals surface area contributed by atoms with Crippen molar-refractivity contribution in [3.05, 3.63) is 60.3 Å². The fourth-order valence-electron chi connectivity index (χ4n) is 1.52. The molecule has 0 bridgehead atoms. The third kappa shape index (κ3) is 3.28. The number of pyridine rings is 1. The van der Waals surface area contributed by atoms with E-state index in [2.05, 4.69) is 10.3 Å². The number of rotatable bonds is 4. The predicted molar refractivity (Wildman–Crippen MR) is 68.1 cm³/mol. The summed E-state index contributed by atoms with van der Waals surface area (Å²) in [6, 6.07) is 6.35. The van der Waals surface area contributed by atoms with Gasteiger partial charge in [-0.25, -0.2) is 13.8 Å². The van der Waals surface area contributed by atoms with Gasteiger partial charge in [0.2, 0.25) is 5.88 Å². The maximum absolute atomic E-state index is 13.2. The molecule has 1 heterocycles. The first kappa shape index (κ1) is 13.9. The van der Waals surface area contributed by atoms with Crippen molar-refractivity contribution in [1.29, 1.82) is 0 Å². The number of amides is 1. The summed E-state index contributed by atoms with van der Waals surface area (Å²) in [7, 11) is 0. The number of halogens is 2. The van der Waals surface area contributed by atoms with Crippen LogP contribution in [0.5, 0.6) is 11.6 Å². The average molecular weight is 277 g/mol. The van der Waals surface area contributed by atoms with E-state index < -0.39 is 17.5 Å². The number of benzene rings is 1. The van der Waals surface area contributed by atoms with Gasteiger partial charge in [-0.05, 0) is 25.1 Å². The summed E-state index contributed by atoms with van der Waals surface area (Å²) in [5, 5.41) is 2.40. The number of nitrogens with one attached hydrogen (secondary N) is 1. The lowest BCUT2D eigenvalue weighted by Crippen LogP contribution is -2.20. The molecule has 0 spiro atoms. The molecule has 0 aliphatic carbocycles. The smallest absolute Gasteiger partial charge is 0.257 e. The summed E-state index contributed by atoms with van der Waals surface area (Å²) in [5.41, 5.74) is -0.0765.